The van der Waals surface area contributed by atoms with Crippen LogP contribution in [0.3, 0.4) is 0 Å². The minimum absolute atomic E-state index is 0.0228. The van der Waals surface area contributed by atoms with Crippen LogP contribution in [0.2, 0.25) is 0 Å². The second kappa shape index (κ2) is 10.1. The molecular formula is C25H31FN4O2. The van der Waals surface area contributed by atoms with Gasteiger partial charge in [-0.15, -0.1) is 0 Å². The first-order valence-electron chi connectivity index (χ1n) is 11.4. The molecule has 6 nitrogen and oxygen atoms in total. The van der Waals surface area contributed by atoms with Crippen molar-refractivity contribution in [3.8, 4) is 0 Å². The van der Waals surface area contributed by atoms with Crippen LogP contribution in [0.1, 0.15) is 28.8 Å². The van der Waals surface area contributed by atoms with E-state index in [0.717, 1.165) is 37.1 Å². The summed E-state index contributed by atoms with van der Waals surface area (Å²) in [6.45, 7) is 6.42. The lowest BCUT2D eigenvalue weighted by Gasteiger charge is -2.38. The van der Waals surface area contributed by atoms with Gasteiger partial charge in [-0.25, -0.2) is 4.39 Å². The highest BCUT2D eigenvalue weighted by molar-refractivity contribution is 5.95. The Bertz CT molecular complexity index is 950. The molecule has 0 unspecified atom stereocenters. The van der Waals surface area contributed by atoms with E-state index < -0.39 is 0 Å². The normalized spacial score (nSPS) is 17.9. The quantitative estimate of drug-likeness (QED) is 0.780. The van der Waals surface area contributed by atoms with E-state index >= 15 is 0 Å². The van der Waals surface area contributed by atoms with Gasteiger partial charge in [0.05, 0.1) is 12.2 Å². The minimum atomic E-state index is -0.218. The van der Waals surface area contributed by atoms with Crippen LogP contribution in [0.25, 0.3) is 0 Å². The molecule has 2 heterocycles. The van der Waals surface area contributed by atoms with E-state index in [0.29, 0.717) is 38.4 Å². The van der Waals surface area contributed by atoms with Gasteiger partial charge >= 0.3 is 0 Å². The SMILES string of the molecule is Cc1ccccc1C(=O)NC1CCN(CC(=O)N2CCN(c3ccccc3F)CC2)CC1. The van der Waals surface area contributed by atoms with Crippen molar-refractivity contribution >= 4 is 17.5 Å². The summed E-state index contributed by atoms with van der Waals surface area (Å²) in [6, 6.07) is 14.5. The molecule has 0 spiro atoms. The number of hydrogen-bond acceptors (Lipinski definition) is 4. The zero-order valence-corrected chi connectivity index (χ0v) is 18.6. The Morgan fingerprint density at radius 2 is 1.59 bits per heavy atom. The summed E-state index contributed by atoms with van der Waals surface area (Å²) in [5.74, 6) is -0.115. The Balaban J connectivity index is 1.20. The molecule has 2 aliphatic heterocycles. The van der Waals surface area contributed by atoms with Crippen LogP contribution < -0.4 is 10.2 Å². The number of anilines is 1. The van der Waals surface area contributed by atoms with Gasteiger partial charge in [-0.05, 0) is 43.5 Å². The summed E-state index contributed by atoms with van der Waals surface area (Å²) >= 11 is 0. The van der Waals surface area contributed by atoms with E-state index in [-0.39, 0.29) is 23.7 Å². The fraction of sp³-hybridized carbons (Fsp3) is 0.440. The van der Waals surface area contributed by atoms with Crippen molar-refractivity contribution in [2.75, 3.05) is 50.7 Å². The summed E-state index contributed by atoms with van der Waals surface area (Å²) < 4.78 is 14.0. The number of aryl methyl sites for hydroxylation is 1. The zero-order chi connectivity index (χ0) is 22.5. The lowest BCUT2D eigenvalue weighted by molar-refractivity contribution is -0.133. The maximum absolute atomic E-state index is 14.0. The average molecular weight is 439 g/mol. The number of piperidine rings is 1. The predicted molar refractivity (Wildman–Crippen MR) is 123 cm³/mol. The number of para-hydroxylation sites is 1. The number of nitrogens with zero attached hydrogens (tertiary/aromatic N) is 3. The number of amides is 2. The van der Waals surface area contributed by atoms with Crippen LogP contribution in [0, 0.1) is 12.7 Å². The number of hydrogen-bond donors (Lipinski definition) is 1. The second-order valence-electron chi connectivity index (χ2n) is 8.66. The van der Waals surface area contributed by atoms with Crippen LogP contribution in [-0.2, 0) is 4.79 Å². The second-order valence-corrected chi connectivity index (χ2v) is 8.66. The first-order valence-corrected chi connectivity index (χ1v) is 11.4. The highest BCUT2D eigenvalue weighted by atomic mass is 19.1. The lowest BCUT2D eigenvalue weighted by Crippen LogP contribution is -2.53. The van der Waals surface area contributed by atoms with E-state index in [1.807, 2.05) is 47.1 Å². The van der Waals surface area contributed by atoms with Crippen molar-refractivity contribution in [2.45, 2.75) is 25.8 Å². The number of piperazine rings is 1. The molecule has 0 saturated carbocycles. The van der Waals surface area contributed by atoms with E-state index in [4.69, 9.17) is 0 Å². The lowest BCUT2D eigenvalue weighted by atomic mass is 10.0. The number of halogens is 1. The molecule has 2 aromatic carbocycles. The number of nitrogens with one attached hydrogen (secondary N) is 1. The molecule has 1 N–H and O–H groups in total. The molecule has 2 aromatic rings. The molecule has 2 amide bonds. The third kappa shape index (κ3) is 5.27. The fourth-order valence-electron chi connectivity index (χ4n) is 4.52. The van der Waals surface area contributed by atoms with Crippen molar-refractivity contribution in [1.82, 2.24) is 15.1 Å². The van der Waals surface area contributed by atoms with E-state index in [1.165, 1.54) is 6.07 Å². The first kappa shape index (κ1) is 22.3. The summed E-state index contributed by atoms with van der Waals surface area (Å²) in [4.78, 5) is 31.4. The zero-order valence-electron chi connectivity index (χ0n) is 18.6. The van der Waals surface area contributed by atoms with Crippen LogP contribution in [0.5, 0.6) is 0 Å². The van der Waals surface area contributed by atoms with Gasteiger partial charge in [0.1, 0.15) is 5.82 Å². The molecule has 0 radical (unpaired) electrons. The van der Waals surface area contributed by atoms with E-state index in [9.17, 15) is 14.0 Å². The van der Waals surface area contributed by atoms with Gasteiger partial charge < -0.3 is 15.1 Å². The standard InChI is InChI=1S/C25H31FN4O2/c1-19-6-2-3-7-21(19)25(32)27-20-10-12-28(13-11-20)18-24(31)30-16-14-29(15-17-30)23-9-5-4-8-22(23)26/h2-9,20H,10-18H2,1H3,(H,27,32). The molecule has 170 valence electrons. The molecule has 0 bridgehead atoms. The Morgan fingerprint density at radius 1 is 0.938 bits per heavy atom. The maximum atomic E-state index is 14.0. The Labute approximate surface area is 189 Å². The van der Waals surface area contributed by atoms with Gasteiger partial charge in [0.25, 0.3) is 5.91 Å². The van der Waals surface area contributed by atoms with E-state index in [1.54, 1.807) is 12.1 Å². The number of likely N-dealkylation sites (tertiary alicyclic amines) is 1. The van der Waals surface area contributed by atoms with Crippen molar-refractivity contribution in [1.29, 1.82) is 0 Å². The predicted octanol–water partition coefficient (Wildman–Crippen LogP) is 2.68. The topological polar surface area (TPSA) is 55.9 Å². The molecule has 2 aliphatic rings. The monoisotopic (exact) mass is 438 g/mol. The molecule has 0 aliphatic carbocycles. The summed E-state index contributed by atoms with van der Waals surface area (Å²) in [5, 5.41) is 3.14. The summed E-state index contributed by atoms with van der Waals surface area (Å²) in [7, 11) is 0. The Kier molecular flexibility index (Phi) is 7.05. The third-order valence-corrected chi connectivity index (χ3v) is 6.50. The summed E-state index contributed by atoms with van der Waals surface area (Å²) in [6.07, 6.45) is 1.68. The van der Waals surface area contributed by atoms with Gasteiger partial charge in [-0.3, -0.25) is 14.5 Å². The Hall–Kier alpha value is -2.93. The third-order valence-electron chi connectivity index (χ3n) is 6.50. The van der Waals surface area contributed by atoms with Crippen LogP contribution in [0.15, 0.2) is 48.5 Å². The van der Waals surface area contributed by atoms with Crippen molar-refractivity contribution in [3.05, 3.63) is 65.5 Å². The summed E-state index contributed by atoms with van der Waals surface area (Å²) in [5.41, 5.74) is 2.30. The van der Waals surface area contributed by atoms with Crippen LogP contribution in [0.4, 0.5) is 10.1 Å². The van der Waals surface area contributed by atoms with Crippen LogP contribution in [-0.4, -0.2) is 73.5 Å². The number of carbonyl (C=O) groups excluding carboxylic acids is 2. The minimum Gasteiger partial charge on any atom is -0.366 e. The molecule has 0 aromatic heterocycles. The van der Waals surface area contributed by atoms with E-state index in [2.05, 4.69) is 10.2 Å². The van der Waals surface area contributed by atoms with Crippen LogP contribution >= 0.6 is 0 Å². The number of rotatable bonds is 5. The van der Waals surface area contributed by atoms with Gasteiger partial charge in [0.2, 0.25) is 5.91 Å². The molecule has 4 rings (SSSR count). The van der Waals surface area contributed by atoms with Gasteiger partial charge in [0.15, 0.2) is 0 Å². The average Bonchev–Trinajstić information content (AvgIpc) is 2.81. The Morgan fingerprint density at radius 3 is 2.28 bits per heavy atom. The van der Waals surface area contributed by atoms with Gasteiger partial charge in [-0.1, -0.05) is 30.3 Å². The largest absolute Gasteiger partial charge is 0.366 e. The fourth-order valence-corrected chi connectivity index (χ4v) is 4.52. The number of carbonyl (C=O) groups is 2. The van der Waals surface area contributed by atoms with Crippen molar-refractivity contribution < 1.29 is 14.0 Å². The van der Waals surface area contributed by atoms with Gasteiger partial charge in [-0.2, -0.15) is 0 Å². The molecule has 2 saturated heterocycles. The number of benzene rings is 2. The smallest absolute Gasteiger partial charge is 0.251 e. The molecule has 0 atom stereocenters. The molecular weight excluding hydrogens is 407 g/mol. The highest BCUT2D eigenvalue weighted by Crippen LogP contribution is 2.20. The van der Waals surface area contributed by atoms with Crippen molar-refractivity contribution in [2.24, 2.45) is 0 Å². The molecule has 32 heavy (non-hydrogen) atoms. The van der Waals surface area contributed by atoms with Crippen molar-refractivity contribution in [3.63, 3.8) is 0 Å². The molecule has 2 fully saturated rings. The highest BCUT2D eigenvalue weighted by Gasteiger charge is 2.27. The maximum Gasteiger partial charge on any atom is 0.251 e. The van der Waals surface area contributed by atoms with Gasteiger partial charge in [0, 0.05) is 50.9 Å². The molecule has 7 heteroatoms. The first-order chi connectivity index (χ1) is 15.5.